The standard InChI is InChI=1S/C7H5ClFNO4S/c8-6-2-1-5(4-15(9,13)14)7(3-6)10(11)12/h1-3H,4H2. The van der Waals surface area contributed by atoms with Crippen molar-refractivity contribution in [2.24, 2.45) is 0 Å². The zero-order chi connectivity index (χ0) is 11.6. The van der Waals surface area contributed by atoms with E-state index in [0.29, 0.717) is 0 Å². The van der Waals surface area contributed by atoms with E-state index in [0.717, 1.165) is 12.1 Å². The van der Waals surface area contributed by atoms with E-state index in [9.17, 15) is 22.4 Å². The van der Waals surface area contributed by atoms with Gasteiger partial charge in [0.05, 0.1) is 4.92 Å². The van der Waals surface area contributed by atoms with E-state index < -0.39 is 26.6 Å². The Morgan fingerprint density at radius 2 is 2.07 bits per heavy atom. The number of hydrogen-bond acceptors (Lipinski definition) is 4. The number of rotatable bonds is 3. The average molecular weight is 254 g/mol. The zero-order valence-corrected chi connectivity index (χ0v) is 8.76. The minimum atomic E-state index is -4.79. The second kappa shape index (κ2) is 4.11. The molecular weight excluding hydrogens is 249 g/mol. The molecule has 0 bridgehead atoms. The lowest BCUT2D eigenvalue weighted by Gasteiger charge is -2.00. The minimum Gasteiger partial charge on any atom is -0.258 e. The number of hydrogen-bond donors (Lipinski definition) is 0. The van der Waals surface area contributed by atoms with Crippen molar-refractivity contribution < 1.29 is 17.2 Å². The van der Waals surface area contributed by atoms with Crippen LogP contribution in [0.3, 0.4) is 0 Å². The van der Waals surface area contributed by atoms with Crippen LogP contribution in [0.5, 0.6) is 0 Å². The van der Waals surface area contributed by atoms with E-state index in [2.05, 4.69) is 0 Å². The summed E-state index contributed by atoms with van der Waals surface area (Å²) in [7, 11) is -4.79. The SMILES string of the molecule is O=[N+]([O-])c1cc(Cl)ccc1CS(=O)(=O)F. The number of nitro benzene ring substituents is 1. The lowest BCUT2D eigenvalue weighted by atomic mass is 10.2. The summed E-state index contributed by atoms with van der Waals surface area (Å²) >= 11 is 5.48. The van der Waals surface area contributed by atoms with Crippen LogP contribution in [0, 0.1) is 10.1 Å². The predicted octanol–water partition coefficient (Wildman–Crippen LogP) is 2.05. The molecule has 0 unspecified atom stereocenters. The van der Waals surface area contributed by atoms with Crippen molar-refractivity contribution in [2.45, 2.75) is 5.75 Å². The van der Waals surface area contributed by atoms with E-state index in [1.165, 1.54) is 6.07 Å². The molecule has 0 radical (unpaired) electrons. The summed E-state index contributed by atoms with van der Waals surface area (Å²) in [6, 6.07) is 3.34. The van der Waals surface area contributed by atoms with Gasteiger partial charge in [-0.05, 0) is 12.1 Å². The number of benzene rings is 1. The molecule has 0 amide bonds. The van der Waals surface area contributed by atoms with Gasteiger partial charge < -0.3 is 0 Å². The summed E-state index contributed by atoms with van der Waals surface area (Å²) in [5.74, 6) is -1.03. The van der Waals surface area contributed by atoms with Gasteiger partial charge in [0.15, 0.2) is 0 Å². The first-order chi connectivity index (χ1) is 6.79. The van der Waals surface area contributed by atoms with E-state index in [4.69, 9.17) is 11.6 Å². The molecule has 5 nitrogen and oxygen atoms in total. The van der Waals surface area contributed by atoms with Gasteiger partial charge in [-0.15, -0.1) is 3.89 Å². The van der Waals surface area contributed by atoms with Crippen molar-refractivity contribution in [3.8, 4) is 0 Å². The van der Waals surface area contributed by atoms with Crippen molar-refractivity contribution in [2.75, 3.05) is 0 Å². The molecule has 0 fully saturated rings. The molecule has 0 heterocycles. The summed E-state index contributed by atoms with van der Waals surface area (Å²) in [6.07, 6.45) is 0. The topological polar surface area (TPSA) is 77.3 Å². The molecule has 1 aromatic rings. The Bertz CT molecular complexity index is 502. The molecule has 0 saturated heterocycles. The van der Waals surface area contributed by atoms with E-state index in [-0.39, 0.29) is 10.6 Å². The Morgan fingerprint density at radius 1 is 1.47 bits per heavy atom. The maximum absolute atomic E-state index is 12.3. The Kier molecular flexibility index (Phi) is 3.25. The largest absolute Gasteiger partial charge is 0.306 e. The molecule has 0 spiro atoms. The lowest BCUT2D eigenvalue weighted by molar-refractivity contribution is -0.385. The fourth-order valence-electron chi connectivity index (χ4n) is 1.01. The van der Waals surface area contributed by atoms with Gasteiger partial charge >= 0.3 is 10.2 Å². The summed E-state index contributed by atoms with van der Waals surface area (Å²) in [6.45, 7) is 0. The molecule has 82 valence electrons. The van der Waals surface area contributed by atoms with Crippen molar-refractivity contribution in [3.63, 3.8) is 0 Å². The van der Waals surface area contributed by atoms with Crippen molar-refractivity contribution in [3.05, 3.63) is 38.9 Å². The van der Waals surface area contributed by atoms with Gasteiger partial charge in [0.1, 0.15) is 5.75 Å². The summed E-state index contributed by atoms with van der Waals surface area (Å²) < 4.78 is 33.0. The highest BCUT2D eigenvalue weighted by Crippen LogP contribution is 2.25. The fourth-order valence-corrected chi connectivity index (χ4v) is 1.80. The van der Waals surface area contributed by atoms with E-state index >= 15 is 0 Å². The highest BCUT2D eigenvalue weighted by Gasteiger charge is 2.19. The smallest absolute Gasteiger partial charge is 0.258 e. The van der Waals surface area contributed by atoms with Gasteiger partial charge in [-0.3, -0.25) is 10.1 Å². The molecule has 0 aliphatic carbocycles. The molecular formula is C7H5ClFNO4S. The summed E-state index contributed by atoms with van der Waals surface area (Å²) in [5, 5.41) is 10.6. The van der Waals surface area contributed by atoms with Gasteiger partial charge in [-0.2, -0.15) is 8.42 Å². The second-order valence-electron chi connectivity index (χ2n) is 2.71. The van der Waals surface area contributed by atoms with Crippen LogP contribution in [-0.2, 0) is 16.0 Å². The maximum atomic E-state index is 12.3. The van der Waals surface area contributed by atoms with Crippen molar-refractivity contribution in [1.82, 2.24) is 0 Å². The molecule has 0 aliphatic rings. The molecule has 0 aliphatic heterocycles. The van der Waals surface area contributed by atoms with Crippen LogP contribution in [-0.4, -0.2) is 13.3 Å². The molecule has 0 N–H and O–H groups in total. The molecule has 15 heavy (non-hydrogen) atoms. The first-order valence-electron chi connectivity index (χ1n) is 3.65. The van der Waals surface area contributed by atoms with Crippen molar-refractivity contribution in [1.29, 1.82) is 0 Å². The first-order valence-corrected chi connectivity index (χ1v) is 5.58. The molecule has 1 aromatic carbocycles. The van der Waals surface area contributed by atoms with Crippen molar-refractivity contribution >= 4 is 27.5 Å². The number of nitrogens with zero attached hydrogens (tertiary/aromatic N) is 1. The van der Waals surface area contributed by atoms with Crippen LogP contribution in [0.15, 0.2) is 18.2 Å². The van der Waals surface area contributed by atoms with Crippen LogP contribution in [0.1, 0.15) is 5.56 Å². The summed E-state index contributed by atoms with van der Waals surface area (Å²) in [5.41, 5.74) is -0.740. The van der Waals surface area contributed by atoms with Crippen LogP contribution < -0.4 is 0 Å². The summed E-state index contributed by atoms with van der Waals surface area (Å²) in [4.78, 5) is 9.68. The van der Waals surface area contributed by atoms with Gasteiger partial charge in [0.2, 0.25) is 0 Å². The predicted molar refractivity (Wildman–Crippen MR) is 51.8 cm³/mol. The Morgan fingerprint density at radius 3 is 2.53 bits per heavy atom. The third-order valence-electron chi connectivity index (χ3n) is 1.57. The highest BCUT2D eigenvalue weighted by molar-refractivity contribution is 7.85. The first kappa shape index (κ1) is 11.9. The third kappa shape index (κ3) is 3.45. The molecule has 0 aromatic heterocycles. The average Bonchev–Trinajstić information content (AvgIpc) is 2.05. The third-order valence-corrected chi connectivity index (χ3v) is 2.46. The number of nitro groups is 1. The highest BCUT2D eigenvalue weighted by atomic mass is 35.5. The van der Waals surface area contributed by atoms with Gasteiger partial charge in [0, 0.05) is 16.7 Å². The monoisotopic (exact) mass is 253 g/mol. The van der Waals surface area contributed by atoms with Crippen LogP contribution >= 0.6 is 11.6 Å². The molecule has 0 atom stereocenters. The van der Waals surface area contributed by atoms with E-state index in [1.54, 1.807) is 0 Å². The maximum Gasteiger partial charge on any atom is 0.306 e. The minimum absolute atomic E-state index is 0.0849. The lowest BCUT2D eigenvalue weighted by Crippen LogP contribution is -2.01. The Labute approximate surface area is 89.8 Å². The van der Waals surface area contributed by atoms with Gasteiger partial charge in [-0.1, -0.05) is 11.6 Å². The molecule has 0 saturated carbocycles. The second-order valence-corrected chi connectivity index (χ2v) is 4.52. The van der Waals surface area contributed by atoms with Crippen LogP contribution in [0.25, 0.3) is 0 Å². The van der Waals surface area contributed by atoms with E-state index in [1.807, 2.05) is 0 Å². The molecule has 8 heteroatoms. The normalized spacial score (nSPS) is 11.3. The fraction of sp³-hybridized carbons (Fsp3) is 0.143. The quantitative estimate of drug-likeness (QED) is 0.469. The van der Waals surface area contributed by atoms with Crippen LogP contribution in [0.4, 0.5) is 9.57 Å². The number of halogens is 2. The Hall–Kier alpha value is -1.21. The van der Waals surface area contributed by atoms with Gasteiger partial charge in [0.25, 0.3) is 5.69 Å². The Balaban J connectivity index is 3.24. The van der Waals surface area contributed by atoms with Crippen LogP contribution in [0.2, 0.25) is 5.02 Å². The van der Waals surface area contributed by atoms with Gasteiger partial charge in [-0.25, -0.2) is 0 Å². The zero-order valence-electron chi connectivity index (χ0n) is 7.18. The molecule has 1 rings (SSSR count).